The van der Waals surface area contributed by atoms with E-state index in [9.17, 15) is 8.42 Å². The molecule has 0 saturated carbocycles. The summed E-state index contributed by atoms with van der Waals surface area (Å²) in [6.45, 7) is 8.55. The number of ether oxygens (including phenoxy) is 2. The van der Waals surface area contributed by atoms with Gasteiger partial charge in [0.15, 0.2) is 5.11 Å². The van der Waals surface area contributed by atoms with Crippen molar-refractivity contribution in [3.63, 3.8) is 0 Å². The average Bonchev–Trinajstić information content (AvgIpc) is 2.68. The first-order valence-electron chi connectivity index (χ1n) is 8.88. The standard InChI is InChI=1S/C20H25N3O4S2/c1-5-27-16-8-6-15(7-9-16)23-29(24,25)19-12-17(26-4)10-11-18(19)22-20(28)21-13-14(2)3/h6-12,23H,2,5,13H2,1,3-4H3,(H2,21,22,28). The summed E-state index contributed by atoms with van der Waals surface area (Å²) in [5.41, 5.74) is 1.63. The van der Waals surface area contributed by atoms with Crippen LogP contribution in [0.5, 0.6) is 11.5 Å². The molecule has 0 fully saturated rings. The Hall–Kier alpha value is -2.78. The monoisotopic (exact) mass is 435 g/mol. The van der Waals surface area contributed by atoms with Gasteiger partial charge in [-0.15, -0.1) is 0 Å². The molecular formula is C20H25N3O4S2. The van der Waals surface area contributed by atoms with Crippen molar-refractivity contribution < 1.29 is 17.9 Å². The molecule has 0 aliphatic carbocycles. The Morgan fingerprint density at radius 3 is 2.38 bits per heavy atom. The van der Waals surface area contributed by atoms with Crippen LogP contribution >= 0.6 is 12.2 Å². The van der Waals surface area contributed by atoms with E-state index < -0.39 is 10.0 Å². The van der Waals surface area contributed by atoms with Crippen LogP contribution in [0.3, 0.4) is 0 Å². The molecule has 29 heavy (non-hydrogen) atoms. The minimum atomic E-state index is -3.92. The van der Waals surface area contributed by atoms with E-state index in [4.69, 9.17) is 21.7 Å². The van der Waals surface area contributed by atoms with Gasteiger partial charge in [0.2, 0.25) is 0 Å². The quantitative estimate of drug-likeness (QED) is 0.408. The number of hydrogen-bond donors (Lipinski definition) is 3. The van der Waals surface area contributed by atoms with Crippen LogP contribution in [0.15, 0.2) is 59.5 Å². The third-order valence-electron chi connectivity index (χ3n) is 3.69. The van der Waals surface area contributed by atoms with E-state index in [2.05, 4.69) is 21.9 Å². The van der Waals surface area contributed by atoms with Gasteiger partial charge in [0.1, 0.15) is 16.4 Å². The molecule has 0 aliphatic heterocycles. The maximum absolute atomic E-state index is 13.0. The minimum absolute atomic E-state index is 0.00482. The maximum Gasteiger partial charge on any atom is 0.264 e. The Morgan fingerprint density at radius 1 is 1.14 bits per heavy atom. The first kappa shape index (κ1) is 22.5. The molecule has 0 bridgehead atoms. The predicted molar refractivity (Wildman–Crippen MR) is 120 cm³/mol. The molecule has 7 nitrogen and oxygen atoms in total. The van der Waals surface area contributed by atoms with Gasteiger partial charge < -0.3 is 20.1 Å². The zero-order chi connectivity index (χ0) is 21.4. The zero-order valence-electron chi connectivity index (χ0n) is 16.6. The van der Waals surface area contributed by atoms with Crippen LogP contribution in [0.2, 0.25) is 0 Å². The Labute approximate surface area is 177 Å². The molecule has 0 aromatic heterocycles. The largest absolute Gasteiger partial charge is 0.497 e. The molecule has 2 rings (SSSR count). The summed E-state index contributed by atoms with van der Waals surface area (Å²) in [5.74, 6) is 1.07. The molecule has 0 spiro atoms. The molecule has 0 unspecified atom stereocenters. The molecule has 9 heteroatoms. The molecule has 0 radical (unpaired) electrons. The van der Waals surface area contributed by atoms with Gasteiger partial charge in [-0.25, -0.2) is 8.42 Å². The molecule has 2 aromatic rings. The molecule has 3 N–H and O–H groups in total. The van der Waals surface area contributed by atoms with E-state index in [1.807, 2.05) is 13.8 Å². The molecule has 0 amide bonds. The van der Waals surface area contributed by atoms with Gasteiger partial charge in [0.05, 0.1) is 19.4 Å². The van der Waals surface area contributed by atoms with E-state index in [1.165, 1.54) is 13.2 Å². The minimum Gasteiger partial charge on any atom is -0.497 e. The first-order valence-corrected chi connectivity index (χ1v) is 10.8. The summed E-state index contributed by atoms with van der Waals surface area (Å²) >= 11 is 5.24. The van der Waals surface area contributed by atoms with Gasteiger partial charge in [0, 0.05) is 18.3 Å². The summed E-state index contributed by atoms with van der Waals surface area (Å²) in [6.07, 6.45) is 0. The lowest BCUT2D eigenvalue weighted by Gasteiger charge is -2.16. The fraction of sp³-hybridized carbons (Fsp3) is 0.250. The summed E-state index contributed by atoms with van der Waals surface area (Å²) in [5, 5.41) is 6.17. The highest BCUT2D eigenvalue weighted by Gasteiger charge is 2.21. The number of nitrogens with one attached hydrogen (secondary N) is 3. The molecule has 156 valence electrons. The molecule has 0 heterocycles. The second kappa shape index (κ2) is 10.1. The van der Waals surface area contributed by atoms with Crippen molar-refractivity contribution in [1.82, 2.24) is 5.32 Å². The van der Waals surface area contributed by atoms with Gasteiger partial charge in [-0.3, -0.25) is 4.72 Å². The van der Waals surface area contributed by atoms with Crippen molar-refractivity contribution in [1.29, 1.82) is 0 Å². The van der Waals surface area contributed by atoms with Crippen LogP contribution in [0.4, 0.5) is 11.4 Å². The number of rotatable bonds is 9. The van der Waals surface area contributed by atoms with Crippen LogP contribution in [-0.2, 0) is 10.0 Å². The van der Waals surface area contributed by atoms with Gasteiger partial charge in [0.25, 0.3) is 10.0 Å². The summed E-state index contributed by atoms with van der Waals surface area (Å²) < 4.78 is 39.2. The Bertz CT molecular complexity index is 974. The lowest BCUT2D eigenvalue weighted by atomic mass is 10.3. The van der Waals surface area contributed by atoms with E-state index >= 15 is 0 Å². The van der Waals surface area contributed by atoms with Gasteiger partial charge in [-0.1, -0.05) is 12.2 Å². The van der Waals surface area contributed by atoms with E-state index in [1.54, 1.807) is 36.4 Å². The van der Waals surface area contributed by atoms with Crippen molar-refractivity contribution in [3.05, 3.63) is 54.6 Å². The summed E-state index contributed by atoms with van der Waals surface area (Å²) in [7, 11) is -2.45. The summed E-state index contributed by atoms with van der Waals surface area (Å²) in [6, 6.07) is 11.3. The van der Waals surface area contributed by atoms with Crippen LogP contribution in [0.25, 0.3) is 0 Å². The second-order valence-electron chi connectivity index (χ2n) is 6.19. The average molecular weight is 436 g/mol. The number of anilines is 2. The number of sulfonamides is 1. The van der Waals surface area contributed by atoms with E-state index in [0.717, 1.165) is 5.57 Å². The lowest BCUT2D eigenvalue weighted by molar-refractivity contribution is 0.340. The molecule has 0 atom stereocenters. The summed E-state index contributed by atoms with van der Waals surface area (Å²) in [4.78, 5) is 0.00482. The number of hydrogen-bond acceptors (Lipinski definition) is 5. The lowest BCUT2D eigenvalue weighted by Crippen LogP contribution is -2.30. The Balaban J connectivity index is 2.29. The van der Waals surface area contributed by atoms with Crippen molar-refractivity contribution in [2.75, 3.05) is 30.3 Å². The van der Waals surface area contributed by atoms with E-state index in [0.29, 0.717) is 36.0 Å². The normalized spacial score (nSPS) is 10.7. The molecule has 0 aliphatic rings. The second-order valence-corrected chi connectivity index (χ2v) is 8.25. The van der Waals surface area contributed by atoms with Crippen LogP contribution in [-0.4, -0.2) is 33.8 Å². The Kier molecular flexibility index (Phi) is 7.86. The zero-order valence-corrected chi connectivity index (χ0v) is 18.2. The fourth-order valence-corrected chi connectivity index (χ4v) is 3.77. The molecule has 2 aromatic carbocycles. The fourth-order valence-electron chi connectivity index (χ4n) is 2.35. The highest BCUT2D eigenvalue weighted by Crippen LogP contribution is 2.28. The highest BCUT2D eigenvalue weighted by molar-refractivity contribution is 7.93. The smallest absolute Gasteiger partial charge is 0.264 e. The first-order chi connectivity index (χ1) is 13.7. The van der Waals surface area contributed by atoms with Crippen molar-refractivity contribution in [3.8, 4) is 11.5 Å². The predicted octanol–water partition coefficient (Wildman–Crippen LogP) is 3.76. The van der Waals surface area contributed by atoms with Crippen molar-refractivity contribution in [2.45, 2.75) is 18.7 Å². The number of methoxy groups -OCH3 is 1. The van der Waals surface area contributed by atoms with Crippen LogP contribution < -0.4 is 24.8 Å². The van der Waals surface area contributed by atoms with Gasteiger partial charge in [-0.2, -0.15) is 0 Å². The number of benzene rings is 2. The number of thiocarbonyl (C=S) groups is 1. The third-order valence-corrected chi connectivity index (χ3v) is 5.36. The van der Waals surface area contributed by atoms with Gasteiger partial charge in [-0.05, 0) is 62.5 Å². The molecule has 0 saturated heterocycles. The van der Waals surface area contributed by atoms with Gasteiger partial charge >= 0.3 is 0 Å². The van der Waals surface area contributed by atoms with E-state index in [-0.39, 0.29) is 10.0 Å². The van der Waals surface area contributed by atoms with Crippen LogP contribution in [0, 0.1) is 0 Å². The van der Waals surface area contributed by atoms with Crippen molar-refractivity contribution >= 4 is 38.7 Å². The molecular weight excluding hydrogens is 410 g/mol. The third kappa shape index (κ3) is 6.65. The highest BCUT2D eigenvalue weighted by atomic mass is 32.2. The topological polar surface area (TPSA) is 88.7 Å². The van der Waals surface area contributed by atoms with Crippen LogP contribution in [0.1, 0.15) is 13.8 Å². The Morgan fingerprint density at radius 2 is 1.79 bits per heavy atom. The maximum atomic E-state index is 13.0. The SMILES string of the molecule is C=C(C)CNC(=S)Nc1ccc(OC)cc1S(=O)(=O)Nc1ccc(OCC)cc1. The van der Waals surface area contributed by atoms with Crippen molar-refractivity contribution in [2.24, 2.45) is 0 Å².